The van der Waals surface area contributed by atoms with Crippen molar-refractivity contribution in [2.75, 3.05) is 18.0 Å². The Labute approximate surface area is 140 Å². The number of benzene rings is 1. The zero-order chi connectivity index (χ0) is 14.1. The Bertz CT molecular complexity index is 592. The van der Waals surface area contributed by atoms with Crippen LogP contribution in [-0.2, 0) is 6.54 Å². The maximum Gasteiger partial charge on any atom is 0.0843 e. The lowest BCUT2D eigenvalue weighted by Gasteiger charge is -2.19. The maximum absolute atomic E-state index is 5.76. The molecule has 2 aromatic rings. The minimum atomic E-state index is 0.572. The van der Waals surface area contributed by atoms with Crippen LogP contribution in [0, 0.1) is 0 Å². The quantitative estimate of drug-likeness (QED) is 0.782. The summed E-state index contributed by atoms with van der Waals surface area (Å²) < 4.78 is 2.31. The monoisotopic (exact) mass is 414 g/mol. The molecule has 0 fully saturated rings. The summed E-state index contributed by atoms with van der Waals surface area (Å²) in [5.41, 5.74) is 8.58. The van der Waals surface area contributed by atoms with Gasteiger partial charge in [-0.15, -0.1) is 11.3 Å². The second kappa shape index (κ2) is 6.18. The topological polar surface area (TPSA) is 29.3 Å². The van der Waals surface area contributed by atoms with Crippen molar-refractivity contribution < 1.29 is 0 Å². The number of rotatable bonds is 4. The third-order valence-electron chi connectivity index (χ3n) is 3.72. The number of anilines is 1. The van der Waals surface area contributed by atoms with E-state index in [2.05, 4.69) is 67.1 Å². The highest BCUT2D eigenvalue weighted by Crippen LogP contribution is 2.40. The molecule has 2 nitrogen and oxygen atoms in total. The van der Waals surface area contributed by atoms with Crippen molar-refractivity contribution in [2.45, 2.75) is 18.9 Å². The molecule has 1 atom stereocenters. The van der Waals surface area contributed by atoms with Gasteiger partial charge in [-0.05, 0) is 62.5 Å². The molecule has 3 rings (SSSR count). The van der Waals surface area contributed by atoms with Gasteiger partial charge in [-0.25, -0.2) is 0 Å². The molecule has 1 unspecified atom stereocenters. The minimum absolute atomic E-state index is 0.572. The molecule has 20 heavy (non-hydrogen) atoms. The molecule has 2 N–H and O–H groups in total. The van der Waals surface area contributed by atoms with Crippen LogP contribution in [-0.4, -0.2) is 13.1 Å². The molecule has 1 aromatic carbocycles. The number of fused-ring (bicyclic) bond motifs is 1. The number of hydrogen-bond donors (Lipinski definition) is 1. The summed E-state index contributed by atoms with van der Waals surface area (Å²) in [4.78, 5) is 3.84. The molecule has 1 aliphatic heterocycles. The van der Waals surface area contributed by atoms with Crippen LogP contribution in [0.5, 0.6) is 0 Å². The van der Waals surface area contributed by atoms with Crippen LogP contribution in [0.1, 0.15) is 22.8 Å². The highest BCUT2D eigenvalue weighted by atomic mass is 79.9. The molecule has 5 heteroatoms. The molecular formula is C15H16Br2N2S. The standard InChI is InChI=1S/C15H16Br2N2S/c16-13-7-11(20-15(13)17)9-19-8-10(5-6-18)12-3-1-2-4-14(12)19/h1-4,7,10H,5-6,8-9,18H2. The Morgan fingerprint density at radius 3 is 2.80 bits per heavy atom. The van der Waals surface area contributed by atoms with Crippen molar-refractivity contribution in [1.29, 1.82) is 0 Å². The highest BCUT2D eigenvalue weighted by molar-refractivity contribution is 9.13. The molecule has 0 spiro atoms. The molecule has 0 saturated heterocycles. The SMILES string of the molecule is NCCC1CN(Cc2cc(Br)c(Br)s2)c2ccccc21. The number of halogens is 2. The number of hydrogen-bond acceptors (Lipinski definition) is 3. The summed E-state index contributed by atoms with van der Waals surface area (Å²) in [5, 5.41) is 0. The van der Waals surface area contributed by atoms with E-state index in [1.54, 1.807) is 11.3 Å². The fourth-order valence-corrected chi connectivity index (χ4v) is 5.03. The summed E-state index contributed by atoms with van der Waals surface area (Å²) in [5.74, 6) is 0.572. The summed E-state index contributed by atoms with van der Waals surface area (Å²) in [6.45, 7) is 2.79. The van der Waals surface area contributed by atoms with Gasteiger partial charge in [0.05, 0.1) is 10.3 Å². The van der Waals surface area contributed by atoms with Gasteiger partial charge in [0.15, 0.2) is 0 Å². The highest BCUT2D eigenvalue weighted by Gasteiger charge is 2.27. The summed E-state index contributed by atoms with van der Waals surface area (Å²) in [7, 11) is 0. The van der Waals surface area contributed by atoms with E-state index in [1.165, 1.54) is 19.9 Å². The summed E-state index contributed by atoms with van der Waals surface area (Å²) in [6.07, 6.45) is 1.06. The van der Waals surface area contributed by atoms with Crippen LogP contribution < -0.4 is 10.6 Å². The van der Waals surface area contributed by atoms with E-state index in [0.717, 1.165) is 30.5 Å². The van der Waals surface area contributed by atoms with E-state index in [4.69, 9.17) is 5.73 Å². The van der Waals surface area contributed by atoms with Gasteiger partial charge < -0.3 is 10.6 Å². The van der Waals surface area contributed by atoms with Gasteiger partial charge in [-0.2, -0.15) is 0 Å². The molecule has 1 aliphatic rings. The van der Waals surface area contributed by atoms with Gasteiger partial charge in [0.2, 0.25) is 0 Å². The zero-order valence-electron chi connectivity index (χ0n) is 11.0. The van der Waals surface area contributed by atoms with Gasteiger partial charge in [-0.1, -0.05) is 18.2 Å². The van der Waals surface area contributed by atoms with Crippen molar-refractivity contribution in [3.8, 4) is 0 Å². The molecule has 106 valence electrons. The van der Waals surface area contributed by atoms with Crippen LogP contribution in [0.2, 0.25) is 0 Å². The van der Waals surface area contributed by atoms with Crippen molar-refractivity contribution in [2.24, 2.45) is 5.73 Å². The van der Waals surface area contributed by atoms with Gasteiger partial charge in [-0.3, -0.25) is 0 Å². The molecule has 0 saturated carbocycles. The van der Waals surface area contributed by atoms with Gasteiger partial charge >= 0.3 is 0 Å². The van der Waals surface area contributed by atoms with E-state index in [1.807, 2.05) is 0 Å². The minimum Gasteiger partial charge on any atom is -0.366 e. The first-order valence-corrected chi connectivity index (χ1v) is 9.07. The van der Waals surface area contributed by atoms with Gasteiger partial charge in [0.25, 0.3) is 0 Å². The van der Waals surface area contributed by atoms with Gasteiger partial charge in [0, 0.05) is 27.5 Å². The Morgan fingerprint density at radius 1 is 1.30 bits per heavy atom. The van der Waals surface area contributed by atoms with Crippen LogP contribution in [0.15, 0.2) is 38.6 Å². The van der Waals surface area contributed by atoms with Crippen LogP contribution in [0.3, 0.4) is 0 Å². The van der Waals surface area contributed by atoms with Crippen LogP contribution in [0.25, 0.3) is 0 Å². The van der Waals surface area contributed by atoms with Crippen molar-refractivity contribution >= 4 is 48.9 Å². The Hall–Kier alpha value is -0.360. The van der Waals surface area contributed by atoms with E-state index in [9.17, 15) is 0 Å². The predicted octanol–water partition coefficient (Wildman–Crippen LogP) is 4.73. The summed E-state index contributed by atoms with van der Waals surface area (Å²) in [6, 6.07) is 10.9. The second-order valence-corrected chi connectivity index (χ2v) is 8.36. The fraction of sp³-hybridized carbons (Fsp3) is 0.333. The second-order valence-electron chi connectivity index (χ2n) is 5.05. The van der Waals surface area contributed by atoms with E-state index < -0.39 is 0 Å². The Kier molecular flexibility index (Phi) is 4.50. The van der Waals surface area contributed by atoms with E-state index in [-0.39, 0.29) is 0 Å². The molecule has 0 amide bonds. The van der Waals surface area contributed by atoms with E-state index in [0.29, 0.717) is 5.92 Å². The lowest BCUT2D eigenvalue weighted by molar-refractivity contribution is 0.645. The Balaban J connectivity index is 1.84. The van der Waals surface area contributed by atoms with Crippen molar-refractivity contribution in [1.82, 2.24) is 0 Å². The number of para-hydroxylation sites is 1. The lowest BCUT2D eigenvalue weighted by Crippen LogP contribution is -2.21. The first kappa shape index (κ1) is 14.6. The fourth-order valence-electron chi connectivity index (χ4n) is 2.84. The number of thiophene rings is 1. The molecule has 2 heterocycles. The van der Waals surface area contributed by atoms with Crippen LogP contribution >= 0.6 is 43.2 Å². The average molecular weight is 416 g/mol. The third-order valence-corrected chi connectivity index (χ3v) is 6.96. The molecular weight excluding hydrogens is 400 g/mol. The van der Waals surface area contributed by atoms with Crippen molar-refractivity contribution in [3.05, 3.63) is 49.0 Å². The number of nitrogens with two attached hydrogens (primary N) is 1. The normalized spacial score (nSPS) is 17.6. The van der Waals surface area contributed by atoms with Crippen molar-refractivity contribution in [3.63, 3.8) is 0 Å². The van der Waals surface area contributed by atoms with Crippen LogP contribution in [0.4, 0.5) is 5.69 Å². The molecule has 0 radical (unpaired) electrons. The Morgan fingerprint density at radius 2 is 2.10 bits per heavy atom. The lowest BCUT2D eigenvalue weighted by atomic mass is 9.98. The largest absolute Gasteiger partial charge is 0.366 e. The molecule has 1 aromatic heterocycles. The zero-order valence-corrected chi connectivity index (χ0v) is 15.0. The van der Waals surface area contributed by atoms with Gasteiger partial charge in [0.1, 0.15) is 0 Å². The third kappa shape index (κ3) is 2.82. The average Bonchev–Trinajstić information content (AvgIpc) is 2.93. The predicted molar refractivity (Wildman–Crippen MR) is 93.6 cm³/mol. The number of nitrogens with zero attached hydrogens (tertiary/aromatic N) is 1. The van der Waals surface area contributed by atoms with E-state index >= 15 is 0 Å². The molecule has 0 aliphatic carbocycles. The first-order chi connectivity index (χ1) is 9.69. The molecule has 0 bridgehead atoms. The smallest absolute Gasteiger partial charge is 0.0843 e. The first-order valence-electron chi connectivity index (χ1n) is 6.66. The summed E-state index contributed by atoms with van der Waals surface area (Å²) >= 11 is 8.93. The maximum atomic E-state index is 5.76.